The van der Waals surface area contributed by atoms with Gasteiger partial charge in [-0.25, -0.2) is 9.97 Å². The zero-order valence-electron chi connectivity index (χ0n) is 19.5. The predicted octanol–water partition coefficient (Wildman–Crippen LogP) is 5.18. The maximum Gasteiger partial charge on any atom is 0.418 e. The number of aromatic nitrogens is 6. The first kappa shape index (κ1) is 23.1. The Morgan fingerprint density at radius 1 is 1.00 bits per heavy atom. The van der Waals surface area contributed by atoms with Gasteiger partial charge >= 0.3 is 12.2 Å². The summed E-state index contributed by atoms with van der Waals surface area (Å²) < 4.78 is 67.6. The lowest BCUT2D eigenvalue weighted by molar-refractivity contribution is -0.136. The largest absolute Gasteiger partial charge is 0.480 e. The van der Waals surface area contributed by atoms with Crippen molar-refractivity contribution in [2.75, 3.05) is 14.2 Å². The van der Waals surface area contributed by atoms with Gasteiger partial charge in [0.1, 0.15) is 0 Å². The number of nitrogens with zero attached hydrogens (tertiary/aromatic N) is 6. The van der Waals surface area contributed by atoms with E-state index in [0.717, 1.165) is 16.8 Å². The molecule has 0 radical (unpaired) electrons. The van der Waals surface area contributed by atoms with Crippen LogP contribution in [0.15, 0.2) is 48.9 Å². The highest BCUT2D eigenvalue weighted by molar-refractivity contribution is 5.83. The Hall–Kier alpha value is -4.35. The Kier molecular flexibility index (Phi) is 5.21. The Labute approximate surface area is 206 Å². The highest BCUT2D eigenvalue weighted by Crippen LogP contribution is 2.56. The van der Waals surface area contributed by atoms with Gasteiger partial charge in [0.15, 0.2) is 5.65 Å². The number of fused-ring (bicyclic) bond motifs is 2. The Morgan fingerprint density at radius 3 is 2.59 bits per heavy atom. The Bertz CT molecular complexity index is 1670. The number of ether oxygens (including phenoxy) is 2. The van der Waals surface area contributed by atoms with Gasteiger partial charge in [-0.05, 0) is 48.1 Å². The van der Waals surface area contributed by atoms with E-state index in [1.54, 1.807) is 24.3 Å². The number of hydrogen-bond acceptors (Lipinski definition) is 7. The quantitative estimate of drug-likeness (QED) is 0.301. The van der Waals surface area contributed by atoms with Gasteiger partial charge in [0, 0.05) is 23.3 Å². The highest BCUT2D eigenvalue weighted by Gasteiger charge is 2.43. The van der Waals surface area contributed by atoms with Crippen LogP contribution in [-0.4, -0.2) is 43.8 Å². The molecule has 4 aromatic heterocycles. The van der Waals surface area contributed by atoms with Gasteiger partial charge in [0.25, 0.3) is 0 Å². The molecule has 8 nitrogen and oxygen atoms in total. The van der Waals surface area contributed by atoms with Crippen LogP contribution in [0.4, 0.5) is 17.6 Å². The number of hydrogen-bond donors (Lipinski definition) is 0. The summed E-state index contributed by atoms with van der Waals surface area (Å²) in [6, 6.07) is 7.92. The molecule has 6 rings (SSSR count). The number of methoxy groups -OCH3 is 2. The molecule has 0 unspecified atom stereocenters. The van der Waals surface area contributed by atoms with Crippen molar-refractivity contribution in [2.45, 2.75) is 24.4 Å². The predicted molar refractivity (Wildman–Crippen MR) is 124 cm³/mol. The molecule has 1 fully saturated rings. The first-order chi connectivity index (χ1) is 17.8. The van der Waals surface area contributed by atoms with E-state index in [9.17, 15) is 17.6 Å². The van der Waals surface area contributed by atoms with Crippen LogP contribution in [0.2, 0.25) is 0 Å². The molecule has 188 valence electrons. The minimum Gasteiger partial charge on any atom is -0.480 e. The number of benzene rings is 1. The van der Waals surface area contributed by atoms with Gasteiger partial charge in [0.05, 0.1) is 42.8 Å². The van der Waals surface area contributed by atoms with Crippen LogP contribution >= 0.6 is 0 Å². The van der Waals surface area contributed by atoms with Crippen molar-refractivity contribution in [1.29, 1.82) is 0 Å². The molecule has 4 heterocycles. The van der Waals surface area contributed by atoms with Crippen molar-refractivity contribution in [1.82, 2.24) is 29.5 Å². The molecule has 0 bridgehead atoms. The summed E-state index contributed by atoms with van der Waals surface area (Å²) >= 11 is 0. The van der Waals surface area contributed by atoms with E-state index in [1.165, 1.54) is 26.6 Å². The molecular formula is C25H18F4N6O2. The normalized spacial score (nSPS) is 17.4. The van der Waals surface area contributed by atoms with Crippen LogP contribution in [0.1, 0.15) is 34.9 Å². The minimum atomic E-state index is -4.55. The smallest absolute Gasteiger partial charge is 0.418 e. The van der Waals surface area contributed by atoms with E-state index in [2.05, 4.69) is 25.0 Å². The lowest BCUT2D eigenvalue weighted by Crippen LogP contribution is -2.08. The first-order valence-electron chi connectivity index (χ1n) is 11.2. The maximum absolute atomic E-state index is 14.6. The van der Waals surface area contributed by atoms with Gasteiger partial charge in [-0.1, -0.05) is 6.07 Å². The van der Waals surface area contributed by atoms with Crippen molar-refractivity contribution >= 4 is 16.6 Å². The van der Waals surface area contributed by atoms with E-state index in [4.69, 9.17) is 9.47 Å². The molecule has 12 heteroatoms. The van der Waals surface area contributed by atoms with E-state index >= 15 is 0 Å². The van der Waals surface area contributed by atoms with Crippen molar-refractivity contribution in [2.24, 2.45) is 0 Å². The molecule has 37 heavy (non-hydrogen) atoms. The lowest BCUT2D eigenvalue weighted by atomic mass is 9.99. The zero-order valence-corrected chi connectivity index (χ0v) is 19.5. The molecule has 1 saturated carbocycles. The summed E-state index contributed by atoms with van der Waals surface area (Å²) in [6.07, 6.45) is -0.142. The monoisotopic (exact) mass is 510 g/mol. The molecule has 0 spiro atoms. The molecule has 1 aromatic carbocycles. The van der Waals surface area contributed by atoms with Gasteiger partial charge in [-0.2, -0.15) is 32.2 Å². The second-order valence-electron chi connectivity index (χ2n) is 8.67. The fraction of sp³-hybridized carbons (Fsp3) is 0.240. The summed E-state index contributed by atoms with van der Waals surface area (Å²) in [5, 5.41) is 4.75. The average molecular weight is 510 g/mol. The topological polar surface area (TPSA) is 87.3 Å². The lowest BCUT2D eigenvalue weighted by Gasteiger charge is -2.13. The van der Waals surface area contributed by atoms with Crippen LogP contribution in [-0.2, 0) is 6.18 Å². The number of pyridine rings is 1. The van der Waals surface area contributed by atoms with Crippen LogP contribution in [0.25, 0.3) is 27.8 Å². The third kappa shape index (κ3) is 3.88. The van der Waals surface area contributed by atoms with Gasteiger partial charge < -0.3 is 9.47 Å². The molecule has 0 saturated heterocycles. The van der Waals surface area contributed by atoms with Gasteiger partial charge in [0.2, 0.25) is 11.8 Å². The van der Waals surface area contributed by atoms with Crippen LogP contribution < -0.4 is 9.47 Å². The standard InChI is InChI=1S/C25H18F4N6O2/c1-36-23-17(10-32-24(33-23)37-2)19-9-16(22-31-11-20(26)35(22)34-19)15-8-14(15)13-6-12-4-3-5-30-21(12)18(7-13)25(27,28)29/h3-7,9-11,14-15H,8H2,1-2H3/t14-,15+/m1/s1. The molecule has 1 aliphatic carbocycles. The van der Waals surface area contributed by atoms with E-state index in [-0.39, 0.29) is 29.2 Å². The fourth-order valence-electron chi connectivity index (χ4n) is 4.70. The first-order valence-corrected chi connectivity index (χ1v) is 11.2. The van der Waals surface area contributed by atoms with Crippen LogP contribution in [0.3, 0.4) is 0 Å². The second kappa shape index (κ2) is 8.36. The second-order valence-corrected chi connectivity index (χ2v) is 8.67. The third-order valence-electron chi connectivity index (χ3n) is 6.49. The summed E-state index contributed by atoms with van der Waals surface area (Å²) in [6.45, 7) is 0. The number of halogens is 4. The minimum absolute atomic E-state index is 0.0873. The molecule has 1 aliphatic rings. The van der Waals surface area contributed by atoms with Crippen molar-refractivity contribution in [3.05, 3.63) is 71.6 Å². The molecule has 5 aromatic rings. The van der Waals surface area contributed by atoms with Gasteiger partial charge in [-0.3, -0.25) is 4.98 Å². The molecule has 0 aliphatic heterocycles. The SMILES string of the molecule is COc1ncc(-c2cc([C@H]3C[C@@H]3c3cc(C(F)(F)F)c4ncccc4c3)c3ncc(F)n3n2)c(OC)n1. The Morgan fingerprint density at radius 2 is 1.84 bits per heavy atom. The summed E-state index contributed by atoms with van der Waals surface area (Å²) in [7, 11) is 2.84. The molecular weight excluding hydrogens is 492 g/mol. The highest BCUT2D eigenvalue weighted by atomic mass is 19.4. The van der Waals surface area contributed by atoms with Crippen LogP contribution in [0, 0.1) is 5.95 Å². The zero-order chi connectivity index (χ0) is 25.9. The fourth-order valence-corrected chi connectivity index (χ4v) is 4.70. The number of imidazole rings is 1. The van der Waals surface area contributed by atoms with Crippen LogP contribution in [0.5, 0.6) is 11.9 Å². The third-order valence-corrected chi connectivity index (χ3v) is 6.49. The van der Waals surface area contributed by atoms with Crippen molar-refractivity contribution in [3.63, 3.8) is 0 Å². The summed E-state index contributed by atoms with van der Waals surface area (Å²) in [4.78, 5) is 16.4. The van der Waals surface area contributed by atoms with Crippen molar-refractivity contribution < 1.29 is 27.0 Å². The number of alkyl halides is 3. The molecule has 2 atom stereocenters. The van der Waals surface area contributed by atoms with Gasteiger partial charge in [-0.15, -0.1) is 0 Å². The van der Waals surface area contributed by atoms with E-state index < -0.39 is 17.7 Å². The number of rotatable bonds is 5. The summed E-state index contributed by atoms with van der Waals surface area (Å²) in [5.74, 6) is -0.931. The molecule has 0 N–H and O–H groups in total. The molecule has 0 amide bonds. The average Bonchev–Trinajstić information content (AvgIpc) is 3.62. The summed E-state index contributed by atoms with van der Waals surface area (Å²) in [5.41, 5.74) is 1.32. The maximum atomic E-state index is 14.6. The van der Waals surface area contributed by atoms with E-state index in [1.807, 2.05) is 0 Å². The Balaban J connectivity index is 1.46. The van der Waals surface area contributed by atoms with Crippen molar-refractivity contribution in [3.8, 4) is 23.1 Å². The van der Waals surface area contributed by atoms with E-state index in [0.29, 0.717) is 39.8 Å².